The number of ketones is 1. The number of hydrogen-bond acceptors (Lipinski definition) is 5. The summed E-state index contributed by atoms with van der Waals surface area (Å²) in [7, 11) is 1.04. The Labute approximate surface area is 105 Å². The number of methoxy groups -OCH3 is 1. The quantitative estimate of drug-likeness (QED) is 0.464. The van der Waals surface area contributed by atoms with Gasteiger partial charge in [0.25, 0.3) is 0 Å². The van der Waals surface area contributed by atoms with Crippen molar-refractivity contribution < 1.29 is 23.5 Å². The van der Waals surface area contributed by atoms with Crippen LogP contribution in [0.25, 0.3) is 0 Å². The van der Waals surface area contributed by atoms with Crippen LogP contribution in [-0.4, -0.2) is 29.8 Å². The van der Waals surface area contributed by atoms with E-state index < -0.39 is 34.5 Å². The number of amides is 1. The highest BCUT2D eigenvalue weighted by Gasteiger charge is 2.42. The molecular weight excluding hydrogens is 267 g/mol. The van der Waals surface area contributed by atoms with E-state index in [0.29, 0.717) is 0 Å². The Morgan fingerprint density at radius 3 is 2.83 bits per heavy atom. The zero-order valence-electron chi connectivity index (χ0n) is 8.99. The summed E-state index contributed by atoms with van der Waals surface area (Å²) >= 11 is 5.43. The predicted molar refractivity (Wildman–Crippen MR) is 57.7 cm³/mol. The number of nitrogens with zero attached hydrogens (tertiary/aromatic N) is 1. The molecule has 1 aromatic rings. The van der Waals surface area contributed by atoms with Crippen molar-refractivity contribution in [1.29, 1.82) is 0 Å². The van der Waals surface area contributed by atoms with Crippen molar-refractivity contribution in [2.45, 2.75) is 0 Å². The van der Waals surface area contributed by atoms with Crippen LogP contribution in [0.1, 0.15) is 10.4 Å². The van der Waals surface area contributed by atoms with E-state index in [2.05, 4.69) is 15.0 Å². The molecule has 2 heterocycles. The van der Waals surface area contributed by atoms with Crippen molar-refractivity contribution in [3.05, 3.63) is 22.7 Å². The molecule has 1 aliphatic rings. The fourth-order valence-corrected chi connectivity index (χ4v) is 1.72. The fourth-order valence-electron chi connectivity index (χ4n) is 1.57. The minimum Gasteiger partial charge on any atom is -0.468 e. The molecule has 0 fully saturated rings. The van der Waals surface area contributed by atoms with Crippen molar-refractivity contribution in [3.63, 3.8) is 0 Å². The van der Waals surface area contributed by atoms with Gasteiger partial charge in [-0.05, 0) is 0 Å². The van der Waals surface area contributed by atoms with Crippen LogP contribution < -0.4 is 5.32 Å². The van der Waals surface area contributed by atoms with E-state index in [-0.39, 0.29) is 11.3 Å². The molecule has 0 saturated heterocycles. The Hall–Kier alpha value is -2.02. The number of ether oxygens (including phenoxy) is 1. The molecule has 6 nitrogen and oxygen atoms in total. The summed E-state index contributed by atoms with van der Waals surface area (Å²) in [5, 5.41) is 1.63. The molecule has 1 N–H and O–H groups in total. The summed E-state index contributed by atoms with van der Waals surface area (Å²) in [4.78, 5) is 38.2. The molecule has 0 aromatic carbocycles. The van der Waals surface area contributed by atoms with Crippen LogP contribution in [0.15, 0.2) is 6.20 Å². The van der Waals surface area contributed by atoms with Gasteiger partial charge in [0, 0.05) is 6.20 Å². The van der Waals surface area contributed by atoms with Gasteiger partial charge in [-0.1, -0.05) is 11.6 Å². The molecule has 1 amide bonds. The Morgan fingerprint density at radius 2 is 2.22 bits per heavy atom. The molecule has 0 spiro atoms. The van der Waals surface area contributed by atoms with E-state index >= 15 is 0 Å². The second-order valence-electron chi connectivity index (χ2n) is 3.46. The number of aromatic nitrogens is 1. The van der Waals surface area contributed by atoms with Gasteiger partial charge in [-0.2, -0.15) is 0 Å². The number of pyridine rings is 1. The first kappa shape index (κ1) is 12.4. The average molecular weight is 273 g/mol. The summed E-state index contributed by atoms with van der Waals surface area (Å²) in [6.45, 7) is 0. The molecule has 1 aromatic heterocycles. The molecule has 94 valence electrons. The highest BCUT2D eigenvalue weighted by atomic mass is 35.5. The second kappa shape index (κ2) is 4.34. The lowest BCUT2D eigenvalue weighted by Gasteiger charge is -2.21. The monoisotopic (exact) mass is 272 g/mol. The van der Waals surface area contributed by atoms with Crippen LogP contribution in [-0.2, 0) is 14.3 Å². The van der Waals surface area contributed by atoms with E-state index in [1.54, 1.807) is 0 Å². The van der Waals surface area contributed by atoms with Gasteiger partial charge >= 0.3 is 5.97 Å². The summed E-state index contributed by atoms with van der Waals surface area (Å²) in [6.07, 6.45) is 0.998. The maximum absolute atomic E-state index is 13.6. The first-order valence-corrected chi connectivity index (χ1v) is 5.12. The minimum absolute atomic E-state index is 0.216. The average Bonchev–Trinajstić information content (AvgIpc) is 2.34. The Morgan fingerprint density at radius 1 is 1.56 bits per heavy atom. The van der Waals surface area contributed by atoms with Crippen LogP contribution in [0.3, 0.4) is 0 Å². The van der Waals surface area contributed by atoms with Gasteiger partial charge in [-0.3, -0.25) is 14.4 Å². The maximum atomic E-state index is 13.6. The number of nitrogens with one attached hydrogen (secondary N) is 1. The van der Waals surface area contributed by atoms with Crippen molar-refractivity contribution in [2.75, 3.05) is 12.4 Å². The van der Waals surface area contributed by atoms with Crippen molar-refractivity contribution in [3.8, 4) is 0 Å². The van der Waals surface area contributed by atoms with Crippen LogP contribution in [0, 0.1) is 11.7 Å². The van der Waals surface area contributed by atoms with Crippen LogP contribution in [0.4, 0.5) is 10.1 Å². The zero-order chi connectivity index (χ0) is 13.4. The largest absolute Gasteiger partial charge is 0.468 e. The van der Waals surface area contributed by atoms with E-state index in [1.807, 2.05) is 0 Å². The van der Waals surface area contributed by atoms with E-state index in [1.165, 1.54) is 0 Å². The number of carbonyl (C=O) groups excluding carboxylic acids is 3. The summed E-state index contributed by atoms with van der Waals surface area (Å²) in [5.41, 5.74) is -0.586. The lowest BCUT2D eigenvalue weighted by Crippen LogP contribution is -2.41. The zero-order valence-corrected chi connectivity index (χ0v) is 9.75. The van der Waals surface area contributed by atoms with E-state index in [4.69, 9.17) is 11.6 Å². The van der Waals surface area contributed by atoms with Gasteiger partial charge in [0.15, 0.2) is 22.7 Å². The predicted octanol–water partition coefficient (Wildman–Crippen LogP) is 0.798. The molecule has 1 aliphatic heterocycles. The normalized spacial score (nSPS) is 18.1. The van der Waals surface area contributed by atoms with Gasteiger partial charge in [0.2, 0.25) is 5.91 Å². The topological polar surface area (TPSA) is 85.4 Å². The van der Waals surface area contributed by atoms with E-state index in [9.17, 15) is 18.8 Å². The molecule has 18 heavy (non-hydrogen) atoms. The number of hydrogen-bond donors (Lipinski definition) is 1. The smallest absolute Gasteiger partial charge is 0.326 e. The van der Waals surface area contributed by atoms with Gasteiger partial charge in [0.1, 0.15) is 0 Å². The van der Waals surface area contributed by atoms with Crippen LogP contribution in [0.5, 0.6) is 0 Å². The number of rotatable bonds is 1. The van der Waals surface area contributed by atoms with Gasteiger partial charge in [0.05, 0.1) is 18.4 Å². The number of fused-ring (bicyclic) bond motifs is 1. The number of halogens is 2. The molecule has 1 atom stereocenters. The standard InChI is InChI=1S/C10H6ClFN2O4/c1-18-10(17)4-7(15)3-2-13-8(11)5(12)6(3)14-9(4)16/h2,4H,1H3,(H,14,16). The third kappa shape index (κ3) is 1.72. The lowest BCUT2D eigenvalue weighted by atomic mass is 9.93. The molecule has 2 rings (SSSR count). The second-order valence-corrected chi connectivity index (χ2v) is 3.82. The Bertz CT molecular complexity index is 575. The third-order valence-corrected chi connectivity index (χ3v) is 2.72. The van der Waals surface area contributed by atoms with Crippen molar-refractivity contribution in [1.82, 2.24) is 4.98 Å². The number of Topliss-reactive ketones (excluding diaryl/α,β-unsaturated/α-hetero) is 1. The lowest BCUT2D eigenvalue weighted by molar-refractivity contribution is -0.146. The van der Waals surface area contributed by atoms with Gasteiger partial charge in [-0.25, -0.2) is 9.37 Å². The van der Waals surface area contributed by atoms with Gasteiger partial charge < -0.3 is 10.1 Å². The summed E-state index contributed by atoms with van der Waals surface area (Å²) in [5.74, 6) is -5.51. The molecule has 0 bridgehead atoms. The maximum Gasteiger partial charge on any atom is 0.326 e. The molecule has 1 unspecified atom stereocenters. The van der Waals surface area contributed by atoms with Gasteiger partial charge in [-0.15, -0.1) is 0 Å². The van der Waals surface area contributed by atoms with Crippen LogP contribution in [0.2, 0.25) is 5.15 Å². The summed E-state index contributed by atoms with van der Waals surface area (Å²) < 4.78 is 17.9. The van der Waals surface area contributed by atoms with Crippen molar-refractivity contribution >= 4 is 34.9 Å². The highest BCUT2D eigenvalue weighted by molar-refractivity contribution is 6.32. The third-order valence-electron chi connectivity index (χ3n) is 2.45. The first-order chi connectivity index (χ1) is 8.47. The molecule has 0 aliphatic carbocycles. The number of carbonyl (C=O) groups is 3. The number of esters is 1. The first-order valence-electron chi connectivity index (χ1n) is 4.74. The molecular formula is C10H6ClFN2O4. The molecule has 0 radical (unpaired) electrons. The van der Waals surface area contributed by atoms with Crippen LogP contribution >= 0.6 is 11.6 Å². The number of anilines is 1. The van der Waals surface area contributed by atoms with Crippen molar-refractivity contribution in [2.24, 2.45) is 5.92 Å². The highest BCUT2D eigenvalue weighted by Crippen LogP contribution is 2.30. The summed E-state index contributed by atoms with van der Waals surface area (Å²) in [6, 6.07) is 0. The molecule has 8 heteroatoms. The fraction of sp³-hybridized carbons (Fsp3) is 0.200. The van der Waals surface area contributed by atoms with E-state index in [0.717, 1.165) is 13.3 Å². The Balaban J connectivity index is 2.55. The molecule has 0 saturated carbocycles. The SMILES string of the molecule is COC(=O)C1C(=O)Nc2c(cnc(Cl)c2F)C1=O. The minimum atomic E-state index is -1.65. The Kier molecular flexibility index (Phi) is 3.00.